The Labute approximate surface area is 86.1 Å². The van der Waals surface area contributed by atoms with E-state index in [1.54, 1.807) is 0 Å². The van der Waals surface area contributed by atoms with Crippen molar-refractivity contribution < 1.29 is 13.2 Å². The highest BCUT2D eigenvalue weighted by Crippen LogP contribution is 2.33. The van der Waals surface area contributed by atoms with E-state index in [0.29, 0.717) is 22.4 Å². The molecule has 0 aliphatic heterocycles. The molecule has 1 nitrogen and oxygen atoms in total. The molecule has 0 aromatic carbocycles. The van der Waals surface area contributed by atoms with Gasteiger partial charge >= 0.3 is 6.18 Å². The first-order valence-corrected chi connectivity index (χ1v) is 5.54. The molecule has 1 aromatic rings. The van der Waals surface area contributed by atoms with Crippen molar-refractivity contribution in [1.82, 2.24) is 4.98 Å². The van der Waals surface area contributed by atoms with E-state index in [1.165, 1.54) is 5.38 Å². The molecule has 1 rings (SSSR count). The summed E-state index contributed by atoms with van der Waals surface area (Å²) in [6, 6.07) is 0. The minimum Gasteiger partial charge on any atom is -0.237 e. The molecule has 0 aliphatic carbocycles. The van der Waals surface area contributed by atoms with Crippen LogP contribution in [0.4, 0.5) is 13.2 Å². The standard InChI is InChI=1S/C7H7BrF3NS/c1-4(2-8)5-3-13-6(12-5)7(9,10)11/h3-4H,2H2,1H3/t4-/m0/s1. The molecule has 0 bridgehead atoms. The Morgan fingerprint density at radius 1 is 1.62 bits per heavy atom. The first-order chi connectivity index (χ1) is 5.95. The van der Waals surface area contributed by atoms with Gasteiger partial charge in [0.1, 0.15) is 0 Å². The van der Waals surface area contributed by atoms with Crippen LogP contribution in [-0.2, 0) is 6.18 Å². The summed E-state index contributed by atoms with van der Waals surface area (Å²) in [5.41, 5.74) is 0.495. The van der Waals surface area contributed by atoms with E-state index in [4.69, 9.17) is 0 Å². The molecular formula is C7H7BrF3NS. The van der Waals surface area contributed by atoms with Crippen LogP contribution in [0.5, 0.6) is 0 Å². The Hall–Kier alpha value is -0.100. The maximum Gasteiger partial charge on any atom is 0.443 e. The summed E-state index contributed by atoms with van der Waals surface area (Å²) in [5, 5.41) is 1.30. The SMILES string of the molecule is C[C@@H](CBr)c1csc(C(F)(F)F)n1. The Morgan fingerprint density at radius 2 is 2.23 bits per heavy atom. The maximum atomic E-state index is 12.1. The van der Waals surface area contributed by atoms with Gasteiger partial charge in [0, 0.05) is 16.6 Å². The highest BCUT2D eigenvalue weighted by atomic mass is 79.9. The lowest BCUT2D eigenvalue weighted by molar-refractivity contribution is -0.137. The van der Waals surface area contributed by atoms with Crippen LogP contribution in [0.2, 0.25) is 0 Å². The van der Waals surface area contributed by atoms with Crippen molar-refractivity contribution in [1.29, 1.82) is 0 Å². The van der Waals surface area contributed by atoms with Gasteiger partial charge in [-0.3, -0.25) is 0 Å². The van der Waals surface area contributed by atoms with Crippen molar-refractivity contribution in [2.45, 2.75) is 19.0 Å². The summed E-state index contributed by atoms with van der Waals surface area (Å²) in [5.74, 6) is 0.0207. The molecule has 0 aliphatic rings. The molecule has 1 heterocycles. The van der Waals surface area contributed by atoms with Gasteiger partial charge in [0.25, 0.3) is 0 Å². The predicted molar refractivity (Wildman–Crippen MR) is 49.3 cm³/mol. The lowest BCUT2D eigenvalue weighted by Gasteiger charge is -2.02. The highest BCUT2D eigenvalue weighted by molar-refractivity contribution is 9.09. The first kappa shape index (κ1) is 11.0. The summed E-state index contributed by atoms with van der Waals surface area (Å²) in [4.78, 5) is 3.52. The Morgan fingerprint density at radius 3 is 2.62 bits per heavy atom. The van der Waals surface area contributed by atoms with Crippen LogP contribution in [0.3, 0.4) is 0 Å². The second kappa shape index (κ2) is 3.96. The van der Waals surface area contributed by atoms with E-state index >= 15 is 0 Å². The average molecular weight is 274 g/mol. The van der Waals surface area contributed by atoms with E-state index in [-0.39, 0.29) is 5.92 Å². The van der Waals surface area contributed by atoms with Crippen molar-refractivity contribution in [2.24, 2.45) is 0 Å². The van der Waals surface area contributed by atoms with Crippen LogP contribution in [0.25, 0.3) is 0 Å². The van der Waals surface area contributed by atoms with Crippen LogP contribution in [0.1, 0.15) is 23.5 Å². The van der Waals surface area contributed by atoms with Gasteiger partial charge in [-0.15, -0.1) is 11.3 Å². The number of rotatable bonds is 2. The molecule has 0 spiro atoms. The van der Waals surface area contributed by atoms with E-state index in [2.05, 4.69) is 20.9 Å². The lowest BCUT2D eigenvalue weighted by atomic mass is 10.2. The van der Waals surface area contributed by atoms with Crippen molar-refractivity contribution in [2.75, 3.05) is 5.33 Å². The smallest absolute Gasteiger partial charge is 0.237 e. The Bertz CT molecular complexity index is 284. The predicted octanol–water partition coefficient (Wildman–Crippen LogP) is 3.66. The number of hydrogen-bond donors (Lipinski definition) is 0. The molecule has 0 amide bonds. The number of thiazole rings is 1. The molecule has 0 saturated carbocycles. The molecular weight excluding hydrogens is 267 g/mol. The van der Waals surface area contributed by atoms with Crippen molar-refractivity contribution >= 4 is 27.3 Å². The number of aromatic nitrogens is 1. The largest absolute Gasteiger partial charge is 0.443 e. The third kappa shape index (κ3) is 2.67. The third-order valence-electron chi connectivity index (χ3n) is 1.50. The monoisotopic (exact) mass is 273 g/mol. The molecule has 0 N–H and O–H groups in total. The molecule has 1 atom stereocenters. The number of hydrogen-bond acceptors (Lipinski definition) is 2. The molecule has 0 saturated heterocycles. The van der Waals surface area contributed by atoms with Crippen molar-refractivity contribution in [3.63, 3.8) is 0 Å². The molecule has 0 fully saturated rings. The van der Waals surface area contributed by atoms with Gasteiger partial charge in [-0.2, -0.15) is 13.2 Å². The Kier molecular flexibility index (Phi) is 3.34. The van der Waals surface area contributed by atoms with Gasteiger partial charge in [-0.1, -0.05) is 22.9 Å². The van der Waals surface area contributed by atoms with Crippen LogP contribution < -0.4 is 0 Å². The normalized spacial score (nSPS) is 14.5. The number of nitrogens with zero attached hydrogens (tertiary/aromatic N) is 1. The Balaban J connectivity index is 2.87. The van der Waals surface area contributed by atoms with Crippen LogP contribution in [0, 0.1) is 0 Å². The molecule has 6 heteroatoms. The van der Waals surface area contributed by atoms with Gasteiger partial charge < -0.3 is 0 Å². The van der Waals surface area contributed by atoms with Gasteiger partial charge in [0.2, 0.25) is 0 Å². The zero-order valence-electron chi connectivity index (χ0n) is 6.73. The topological polar surface area (TPSA) is 12.9 Å². The fourth-order valence-electron chi connectivity index (χ4n) is 0.722. The zero-order chi connectivity index (χ0) is 10.1. The minimum atomic E-state index is -4.31. The van der Waals surface area contributed by atoms with Crippen molar-refractivity contribution in [3.8, 4) is 0 Å². The first-order valence-electron chi connectivity index (χ1n) is 3.53. The molecule has 74 valence electrons. The maximum absolute atomic E-state index is 12.1. The van der Waals surface area contributed by atoms with Gasteiger partial charge in [0.15, 0.2) is 5.01 Å². The summed E-state index contributed by atoms with van der Waals surface area (Å²) >= 11 is 3.84. The summed E-state index contributed by atoms with van der Waals surface area (Å²) in [7, 11) is 0. The molecule has 1 aromatic heterocycles. The fraction of sp³-hybridized carbons (Fsp3) is 0.571. The minimum absolute atomic E-state index is 0.0207. The summed E-state index contributed by atoms with van der Waals surface area (Å²) in [6.45, 7) is 1.82. The number of alkyl halides is 4. The number of halogens is 4. The second-order valence-corrected chi connectivity index (χ2v) is 4.14. The van der Waals surface area contributed by atoms with Crippen LogP contribution in [-0.4, -0.2) is 10.3 Å². The molecule has 13 heavy (non-hydrogen) atoms. The average Bonchev–Trinajstić information content (AvgIpc) is 2.50. The van der Waals surface area contributed by atoms with Gasteiger partial charge in [-0.25, -0.2) is 4.98 Å². The fourth-order valence-corrected chi connectivity index (χ4v) is 1.86. The van der Waals surface area contributed by atoms with Crippen molar-refractivity contribution in [3.05, 3.63) is 16.1 Å². The zero-order valence-corrected chi connectivity index (χ0v) is 9.13. The van der Waals surface area contributed by atoms with E-state index in [1.807, 2.05) is 6.92 Å². The van der Waals surface area contributed by atoms with Crippen LogP contribution >= 0.6 is 27.3 Å². The van der Waals surface area contributed by atoms with Crippen LogP contribution in [0.15, 0.2) is 5.38 Å². The van der Waals surface area contributed by atoms with E-state index < -0.39 is 11.2 Å². The summed E-state index contributed by atoms with van der Waals surface area (Å²) < 4.78 is 36.3. The third-order valence-corrected chi connectivity index (χ3v) is 3.38. The van der Waals surface area contributed by atoms with Gasteiger partial charge in [-0.05, 0) is 0 Å². The lowest BCUT2D eigenvalue weighted by Crippen LogP contribution is -2.05. The highest BCUT2D eigenvalue weighted by Gasteiger charge is 2.34. The molecule has 0 radical (unpaired) electrons. The second-order valence-electron chi connectivity index (χ2n) is 2.63. The van der Waals surface area contributed by atoms with E-state index in [9.17, 15) is 13.2 Å². The quantitative estimate of drug-likeness (QED) is 0.750. The van der Waals surface area contributed by atoms with E-state index in [0.717, 1.165) is 0 Å². The molecule has 0 unspecified atom stereocenters. The summed E-state index contributed by atoms with van der Waals surface area (Å²) in [6.07, 6.45) is -4.31. The van der Waals surface area contributed by atoms with Gasteiger partial charge in [0.05, 0.1) is 5.69 Å².